The SMILES string of the molecule is COC(=O)NCCO[C@@H](c1cccc(F)c1)C1CCCN(C(=O)N(N)CCCC2CCCOC2)C1. The monoisotopic (exact) mass is 494 g/mol. The van der Waals surface area contributed by atoms with Crippen molar-refractivity contribution in [1.29, 1.82) is 0 Å². The third-order valence-electron chi connectivity index (χ3n) is 6.70. The first-order chi connectivity index (χ1) is 17.0. The van der Waals surface area contributed by atoms with Crippen LogP contribution in [0.2, 0.25) is 0 Å². The molecule has 0 saturated carbocycles. The number of methoxy groups -OCH3 is 1. The first kappa shape index (κ1) is 27.2. The fraction of sp³-hybridized carbons (Fsp3) is 0.680. The molecule has 0 spiro atoms. The molecule has 3 N–H and O–H groups in total. The smallest absolute Gasteiger partial charge is 0.406 e. The molecule has 2 aliphatic rings. The van der Waals surface area contributed by atoms with Gasteiger partial charge in [0, 0.05) is 45.3 Å². The van der Waals surface area contributed by atoms with E-state index in [2.05, 4.69) is 10.1 Å². The second kappa shape index (κ2) is 14.2. The number of carbonyl (C=O) groups excluding carboxylic acids is 2. The normalized spacial score (nSPS) is 21.3. The molecule has 3 amide bonds. The summed E-state index contributed by atoms with van der Waals surface area (Å²) in [6, 6.07) is 6.13. The number of benzene rings is 1. The number of nitrogens with two attached hydrogens (primary N) is 1. The maximum absolute atomic E-state index is 14.0. The fourth-order valence-electron chi connectivity index (χ4n) is 4.89. The standard InChI is InChI=1S/C25H39FN4O5/c1-33-24(31)28-11-15-35-23(20-8-2-10-22(26)16-20)21-9-4-12-29(17-21)25(32)30(27)13-3-6-19-7-5-14-34-18-19/h2,8,10,16,19,21,23H,3-7,9,11-15,17-18,27H2,1H3,(H,28,31)/t19?,21?,23-/m0/s1. The van der Waals surface area contributed by atoms with E-state index in [1.54, 1.807) is 11.0 Å². The Labute approximate surface area is 207 Å². The van der Waals surface area contributed by atoms with Gasteiger partial charge in [-0.1, -0.05) is 12.1 Å². The minimum atomic E-state index is -0.538. The van der Waals surface area contributed by atoms with Crippen LogP contribution >= 0.6 is 0 Å². The third kappa shape index (κ3) is 8.63. The number of carbonyl (C=O) groups is 2. The molecule has 2 saturated heterocycles. The molecule has 35 heavy (non-hydrogen) atoms. The minimum Gasteiger partial charge on any atom is -0.453 e. The summed E-state index contributed by atoms with van der Waals surface area (Å²) in [4.78, 5) is 26.1. The number of hydrogen-bond donors (Lipinski definition) is 2. The van der Waals surface area contributed by atoms with E-state index in [1.807, 2.05) is 6.07 Å². The quantitative estimate of drug-likeness (QED) is 0.223. The van der Waals surface area contributed by atoms with Crippen LogP contribution in [0.1, 0.15) is 50.2 Å². The van der Waals surface area contributed by atoms with E-state index in [-0.39, 0.29) is 30.9 Å². The molecule has 2 heterocycles. The number of alkyl carbamates (subject to hydrolysis) is 1. The molecule has 9 nitrogen and oxygen atoms in total. The number of urea groups is 1. The molecule has 2 unspecified atom stereocenters. The predicted octanol–water partition coefficient (Wildman–Crippen LogP) is 3.45. The summed E-state index contributed by atoms with van der Waals surface area (Å²) in [5.74, 6) is 6.31. The van der Waals surface area contributed by atoms with E-state index in [0.29, 0.717) is 31.1 Å². The van der Waals surface area contributed by atoms with Gasteiger partial charge in [-0.25, -0.2) is 19.8 Å². The summed E-state index contributed by atoms with van der Waals surface area (Å²) in [6.45, 7) is 3.72. The second-order valence-corrected chi connectivity index (χ2v) is 9.31. The van der Waals surface area contributed by atoms with Crippen LogP contribution in [-0.4, -0.2) is 75.1 Å². The molecular formula is C25H39FN4O5. The molecular weight excluding hydrogens is 455 g/mol. The van der Waals surface area contributed by atoms with Gasteiger partial charge in [0.25, 0.3) is 0 Å². The van der Waals surface area contributed by atoms with Gasteiger partial charge in [-0.15, -0.1) is 0 Å². The number of hydrazine groups is 1. The fourth-order valence-corrected chi connectivity index (χ4v) is 4.89. The third-order valence-corrected chi connectivity index (χ3v) is 6.70. The van der Waals surface area contributed by atoms with Crippen molar-refractivity contribution in [1.82, 2.24) is 15.2 Å². The van der Waals surface area contributed by atoms with Crippen LogP contribution in [0.3, 0.4) is 0 Å². The number of ether oxygens (including phenoxy) is 3. The Morgan fingerprint density at radius 2 is 2.20 bits per heavy atom. The van der Waals surface area contributed by atoms with Gasteiger partial charge >= 0.3 is 12.1 Å². The zero-order valence-electron chi connectivity index (χ0n) is 20.6. The summed E-state index contributed by atoms with van der Waals surface area (Å²) in [5, 5.41) is 3.89. The second-order valence-electron chi connectivity index (χ2n) is 9.31. The Hall–Kier alpha value is -2.43. The van der Waals surface area contributed by atoms with Crippen LogP contribution < -0.4 is 11.2 Å². The van der Waals surface area contributed by atoms with E-state index in [9.17, 15) is 14.0 Å². The molecule has 3 atom stereocenters. The average Bonchev–Trinajstić information content (AvgIpc) is 2.88. The van der Waals surface area contributed by atoms with Gasteiger partial charge in [0.15, 0.2) is 0 Å². The molecule has 10 heteroatoms. The van der Waals surface area contributed by atoms with Gasteiger partial charge in [0.05, 0.1) is 19.8 Å². The highest BCUT2D eigenvalue weighted by molar-refractivity contribution is 5.73. The largest absolute Gasteiger partial charge is 0.453 e. The lowest BCUT2D eigenvalue weighted by Gasteiger charge is -2.38. The van der Waals surface area contributed by atoms with Crippen molar-refractivity contribution < 1.29 is 28.2 Å². The highest BCUT2D eigenvalue weighted by Crippen LogP contribution is 2.33. The van der Waals surface area contributed by atoms with E-state index in [4.69, 9.17) is 15.3 Å². The first-order valence-electron chi connectivity index (χ1n) is 12.6. The van der Waals surface area contributed by atoms with Crippen LogP contribution in [0, 0.1) is 17.7 Å². The summed E-state index contributed by atoms with van der Waals surface area (Å²) in [5.41, 5.74) is 0.710. The Kier molecular flexibility index (Phi) is 11.0. The topological polar surface area (TPSA) is 106 Å². The number of amides is 3. The van der Waals surface area contributed by atoms with Crippen molar-refractivity contribution in [2.24, 2.45) is 17.7 Å². The molecule has 0 radical (unpaired) electrons. The Morgan fingerprint density at radius 3 is 2.94 bits per heavy atom. The summed E-state index contributed by atoms with van der Waals surface area (Å²) in [6.07, 6.45) is 4.79. The number of halogens is 1. The lowest BCUT2D eigenvalue weighted by molar-refractivity contribution is -0.0108. The van der Waals surface area contributed by atoms with Crippen molar-refractivity contribution in [3.63, 3.8) is 0 Å². The lowest BCUT2D eigenvalue weighted by atomic mass is 9.88. The lowest BCUT2D eigenvalue weighted by Crippen LogP contribution is -2.51. The summed E-state index contributed by atoms with van der Waals surface area (Å²) < 4.78 is 30.2. The Balaban J connectivity index is 1.55. The van der Waals surface area contributed by atoms with Crippen LogP contribution in [0.4, 0.5) is 14.0 Å². The summed E-state index contributed by atoms with van der Waals surface area (Å²) >= 11 is 0. The molecule has 2 aliphatic heterocycles. The molecule has 1 aromatic carbocycles. The molecule has 0 aromatic heterocycles. The van der Waals surface area contributed by atoms with E-state index < -0.39 is 12.2 Å². The average molecular weight is 495 g/mol. The molecule has 196 valence electrons. The van der Waals surface area contributed by atoms with Crippen molar-refractivity contribution >= 4 is 12.1 Å². The van der Waals surface area contributed by atoms with Gasteiger partial charge in [0.2, 0.25) is 0 Å². The number of nitrogens with zero attached hydrogens (tertiary/aromatic N) is 2. The van der Waals surface area contributed by atoms with Gasteiger partial charge in [-0.2, -0.15) is 0 Å². The number of nitrogens with one attached hydrogen (secondary N) is 1. The molecule has 2 fully saturated rings. The van der Waals surface area contributed by atoms with Crippen LogP contribution in [-0.2, 0) is 14.2 Å². The van der Waals surface area contributed by atoms with Crippen molar-refractivity contribution in [2.75, 3.05) is 53.1 Å². The van der Waals surface area contributed by atoms with E-state index in [0.717, 1.165) is 45.3 Å². The molecule has 3 rings (SSSR count). The predicted molar refractivity (Wildman–Crippen MR) is 129 cm³/mol. The zero-order chi connectivity index (χ0) is 25.0. The van der Waals surface area contributed by atoms with E-state index in [1.165, 1.54) is 30.7 Å². The maximum atomic E-state index is 14.0. The van der Waals surface area contributed by atoms with Crippen molar-refractivity contribution in [2.45, 2.75) is 44.6 Å². The number of hydrogen-bond acceptors (Lipinski definition) is 6. The number of piperidine rings is 1. The summed E-state index contributed by atoms with van der Waals surface area (Å²) in [7, 11) is 1.30. The molecule has 0 aliphatic carbocycles. The van der Waals surface area contributed by atoms with Crippen LogP contribution in [0.25, 0.3) is 0 Å². The van der Waals surface area contributed by atoms with Crippen LogP contribution in [0.5, 0.6) is 0 Å². The van der Waals surface area contributed by atoms with Crippen LogP contribution in [0.15, 0.2) is 24.3 Å². The van der Waals surface area contributed by atoms with Crippen molar-refractivity contribution in [3.8, 4) is 0 Å². The molecule has 0 bridgehead atoms. The Morgan fingerprint density at radius 1 is 1.34 bits per heavy atom. The Bertz CT molecular complexity index is 808. The first-order valence-corrected chi connectivity index (χ1v) is 12.6. The van der Waals surface area contributed by atoms with Gasteiger partial charge < -0.3 is 24.4 Å². The minimum absolute atomic E-state index is 0.0274. The number of rotatable bonds is 10. The number of likely N-dealkylation sites (tertiary alicyclic amines) is 1. The highest BCUT2D eigenvalue weighted by Gasteiger charge is 2.32. The van der Waals surface area contributed by atoms with Gasteiger partial charge in [-0.3, -0.25) is 5.01 Å². The molecule has 1 aromatic rings. The van der Waals surface area contributed by atoms with Gasteiger partial charge in [0.1, 0.15) is 5.82 Å². The van der Waals surface area contributed by atoms with Crippen molar-refractivity contribution in [3.05, 3.63) is 35.6 Å². The highest BCUT2D eigenvalue weighted by atomic mass is 19.1. The van der Waals surface area contributed by atoms with Gasteiger partial charge in [-0.05, 0) is 62.1 Å². The zero-order valence-corrected chi connectivity index (χ0v) is 20.6. The van der Waals surface area contributed by atoms with E-state index >= 15 is 0 Å². The maximum Gasteiger partial charge on any atom is 0.406 e.